The van der Waals surface area contributed by atoms with Crippen molar-refractivity contribution in [3.8, 4) is 5.75 Å². The van der Waals surface area contributed by atoms with Gasteiger partial charge in [-0.2, -0.15) is 13.2 Å². The summed E-state index contributed by atoms with van der Waals surface area (Å²) in [5, 5.41) is 2.96. The number of piperidine rings is 2. The maximum atomic E-state index is 14.5. The second-order valence-electron chi connectivity index (χ2n) is 10.6. The largest absolute Gasteiger partial charge is 0.488 e. The first-order valence-electron chi connectivity index (χ1n) is 13.3. The molecule has 1 N–H and O–H groups in total. The number of rotatable bonds is 6. The molecule has 39 heavy (non-hydrogen) atoms. The predicted octanol–water partition coefficient (Wildman–Crippen LogP) is 4.17. The highest BCUT2D eigenvalue weighted by Gasteiger charge is 2.64. The summed E-state index contributed by atoms with van der Waals surface area (Å²) in [5.74, 6) is -0.624. The van der Waals surface area contributed by atoms with Crippen LogP contribution in [0.5, 0.6) is 5.75 Å². The zero-order valence-corrected chi connectivity index (χ0v) is 21.8. The molecule has 10 heteroatoms. The van der Waals surface area contributed by atoms with Crippen molar-refractivity contribution in [1.82, 2.24) is 10.2 Å². The zero-order valence-electron chi connectivity index (χ0n) is 21.8. The maximum Gasteiger partial charge on any atom is 0.430 e. The number of amides is 2. The second-order valence-corrected chi connectivity index (χ2v) is 10.6. The lowest BCUT2D eigenvalue weighted by molar-refractivity contribution is -0.271. The minimum absolute atomic E-state index is 0.0535. The quantitative estimate of drug-likeness (QED) is 0.589. The molecule has 0 aliphatic carbocycles. The minimum Gasteiger partial charge on any atom is -0.488 e. The van der Waals surface area contributed by atoms with E-state index in [0.29, 0.717) is 32.6 Å². The number of hydrogen-bond donors (Lipinski definition) is 1. The first-order chi connectivity index (χ1) is 18.7. The summed E-state index contributed by atoms with van der Waals surface area (Å²) in [4.78, 5) is 27.4. The van der Waals surface area contributed by atoms with Crippen molar-refractivity contribution in [3.05, 3.63) is 65.7 Å². The van der Waals surface area contributed by atoms with Gasteiger partial charge in [0.05, 0.1) is 13.2 Å². The number of nitrogens with zero attached hydrogens (tertiary/aromatic N) is 1. The van der Waals surface area contributed by atoms with Crippen molar-refractivity contribution in [2.45, 2.75) is 49.5 Å². The molecule has 1 spiro atoms. The van der Waals surface area contributed by atoms with Gasteiger partial charge >= 0.3 is 6.18 Å². The molecule has 210 valence electrons. The minimum atomic E-state index is -4.97. The number of likely N-dealkylation sites (tertiary alicyclic amines) is 1. The lowest BCUT2D eigenvalue weighted by Gasteiger charge is -2.50. The maximum absolute atomic E-state index is 14.5. The van der Waals surface area contributed by atoms with Crippen LogP contribution in [0.4, 0.5) is 13.2 Å². The number of benzene rings is 2. The topological polar surface area (TPSA) is 77.1 Å². The Kier molecular flexibility index (Phi) is 7.61. The number of carbonyl (C=O) groups excluding carboxylic acids is 2. The Morgan fingerprint density at radius 2 is 1.77 bits per heavy atom. The second kappa shape index (κ2) is 10.8. The van der Waals surface area contributed by atoms with Crippen molar-refractivity contribution < 1.29 is 37.0 Å². The summed E-state index contributed by atoms with van der Waals surface area (Å²) in [7, 11) is 0.914. The highest BCUT2D eigenvalue weighted by atomic mass is 19.4. The molecule has 3 saturated heterocycles. The monoisotopic (exact) mass is 546 g/mol. The Hall–Kier alpha value is -3.11. The van der Waals surface area contributed by atoms with E-state index in [1.807, 2.05) is 24.3 Å². The smallest absolute Gasteiger partial charge is 0.430 e. The van der Waals surface area contributed by atoms with Gasteiger partial charge in [0.1, 0.15) is 11.9 Å². The fraction of sp³-hybridized carbons (Fsp3) is 0.517. The van der Waals surface area contributed by atoms with E-state index in [4.69, 9.17) is 14.2 Å². The zero-order chi connectivity index (χ0) is 27.7. The van der Waals surface area contributed by atoms with Gasteiger partial charge < -0.3 is 24.4 Å². The van der Waals surface area contributed by atoms with E-state index in [1.165, 1.54) is 29.2 Å². The number of hydrogen-bond acceptors (Lipinski definition) is 5. The Morgan fingerprint density at radius 1 is 1.08 bits per heavy atom. The first-order valence-corrected chi connectivity index (χ1v) is 13.3. The SMILES string of the molecule is CO[C@@](C(=O)N1CCC2(CC1)CC(=O)NC[C@@H]2c1ccccc1O[C@@H]1CCOC1)(c1ccccc1)C(F)(F)F. The molecule has 3 heterocycles. The van der Waals surface area contributed by atoms with Gasteiger partial charge in [0, 0.05) is 51.1 Å². The number of alkyl halides is 3. The summed E-state index contributed by atoms with van der Waals surface area (Å²) < 4.78 is 60.3. The summed E-state index contributed by atoms with van der Waals surface area (Å²) >= 11 is 0. The normalized spacial score (nSPS) is 24.7. The molecule has 0 saturated carbocycles. The van der Waals surface area contributed by atoms with Gasteiger partial charge in [0.25, 0.3) is 11.5 Å². The molecular weight excluding hydrogens is 513 g/mol. The molecule has 7 nitrogen and oxygen atoms in total. The molecule has 2 aromatic rings. The summed E-state index contributed by atoms with van der Waals surface area (Å²) in [5.41, 5.74) is -2.94. The number of ether oxygens (including phenoxy) is 3. The molecule has 0 radical (unpaired) electrons. The fourth-order valence-corrected chi connectivity index (χ4v) is 6.34. The third kappa shape index (κ3) is 5.00. The number of nitrogens with one attached hydrogen (secondary N) is 1. The van der Waals surface area contributed by atoms with E-state index in [-0.39, 0.29) is 43.0 Å². The van der Waals surface area contributed by atoms with Crippen LogP contribution in [0, 0.1) is 5.41 Å². The van der Waals surface area contributed by atoms with Crippen molar-refractivity contribution in [1.29, 1.82) is 0 Å². The standard InChI is InChI=1S/C29H33F3N2O5/c1-37-28(29(30,31)32,20-7-3-2-4-8-20)26(36)34-14-12-27(13-15-34)17-25(35)33-18-23(27)22-9-5-6-10-24(22)39-21-11-16-38-19-21/h2-10,21,23H,11-19H2,1H3,(H,33,35)/t21-,23-,28-/m1/s1. The molecule has 2 aromatic carbocycles. The van der Waals surface area contributed by atoms with Crippen LogP contribution in [0.25, 0.3) is 0 Å². The van der Waals surface area contributed by atoms with Crippen molar-refractivity contribution >= 4 is 11.8 Å². The summed E-state index contributed by atoms with van der Waals surface area (Å²) in [6.07, 6.45) is -3.24. The van der Waals surface area contributed by atoms with E-state index < -0.39 is 23.1 Å². The molecular formula is C29H33F3N2O5. The lowest BCUT2D eigenvalue weighted by Crippen LogP contribution is -2.60. The third-order valence-electron chi connectivity index (χ3n) is 8.46. The van der Waals surface area contributed by atoms with Crippen LogP contribution < -0.4 is 10.1 Å². The average Bonchev–Trinajstić information content (AvgIpc) is 3.43. The van der Waals surface area contributed by atoms with Gasteiger partial charge in [-0.05, 0) is 29.9 Å². The van der Waals surface area contributed by atoms with E-state index in [9.17, 15) is 22.8 Å². The van der Waals surface area contributed by atoms with E-state index >= 15 is 0 Å². The van der Waals surface area contributed by atoms with E-state index in [2.05, 4.69) is 5.32 Å². The molecule has 0 bridgehead atoms. The van der Waals surface area contributed by atoms with Crippen LogP contribution in [0.3, 0.4) is 0 Å². The van der Waals surface area contributed by atoms with Crippen LogP contribution in [0.15, 0.2) is 54.6 Å². The molecule has 3 aliphatic rings. The van der Waals surface area contributed by atoms with Crippen LogP contribution in [0.2, 0.25) is 0 Å². The molecule has 0 unspecified atom stereocenters. The van der Waals surface area contributed by atoms with Gasteiger partial charge in [0.2, 0.25) is 5.91 Å². The van der Waals surface area contributed by atoms with Gasteiger partial charge in [-0.3, -0.25) is 9.59 Å². The molecule has 3 fully saturated rings. The summed E-state index contributed by atoms with van der Waals surface area (Å²) in [6, 6.07) is 14.7. The Bertz CT molecular complexity index is 1180. The number of carbonyl (C=O) groups is 2. The molecule has 3 atom stereocenters. The van der Waals surface area contributed by atoms with Gasteiger partial charge in [-0.15, -0.1) is 0 Å². The van der Waals surface area contributed by atoms with Crippen LogP contribution >= 0.6 is 0 Å². The summed E-state index contributed by atoms with van der Waals surface area (Å²) in [6.45, 7) is 1.71. The Balaban J connectivity index is 1.41. The predicted molar refractivity (Wildman–Crippen MR) is 136 cm³/mol. The van der Waals surface area contributed by atoms with Gasteiger partial charge in [-0.1, -0.05) is 48.5 Å². The molecule has 2 amide bonds. The highest BCUT2D eigenvalue weighted by molar-refractivity contribution is 5.88. The van der Waals surface area contributed by atoms with Crippen molar-refractivity contribution in [2.24, 2.45) is 5.41 Å². The van der Waals surface area contributed by atoms with Crippen molar-refractivity contribution in [2.75, 3.05) is 40.0 Å². The van der Waals surface area contributed by atoms with Gasteiger partial charge in [-0.25, -0.2) is 0 Å². The first kappa shape index (κ1) is 27.5. The molecule has 5 rings (SSSR count). The Morgan fingerprint density at radius 3 is 2.41 bits per heavy atom. The number of methoxy groups -OCH3 is 1. The van der Waals surface area contributed by atoms with Crippen molar-refractivity contribution in [3.63, 3.8) is 0 Å². The van der Waals surface area contributed by atoms with Crippen LogP contribution in [-0.2, 0) is 24.7 Å². The Labute approximate surface area is 225 Å². The van der Waals surface area contributed by atoms with Crippen LogP contribution in [-0.4, -0.2) is 69.0 Å². The van der Waals surface area contributed by atoms with Gasteiger partial charge in [0.15, 0.2) is 0 Å². The fourth-order valence-electron chi connectivity index (χ4n) is 6.34. The van der Waals surface area contributed by atoms with Crippen LogP contribution in [0.1, 0.15) is 42.7 Å². The number of halogens is 3. The highest BCUT2D eigenvalue weighted by Crippen LogP contribution is 2.52. The third-order valence-corrected chi connectivity index (χ3v) is 8.46. The average molecular weight is 547 g/mol. The lowest BCUT2D eigenvalue weighted by atomic mass is 9.62. The van der Waals surface area contributed by atoms with E-state index in [1.54, 1.807) is 6.07 Å². The molecule has 3 aliphatic heterocycles. The number of para-hydroxylation sites is 1. The van der Waals surface area contributed by atoms with E-state index in [0.717, 1.165) is 24.8 Å². The molecule has 0 aromatic heterocycles.